The lowest BCUT2D eigenvalue weighted by Crippen LogP contribution is -2.14. The predicted octanol–water partition coefficient (Wildman–Crippen LogP) is 8.03. The van der Waals surface area contributed by atoms with E-state index in [1.165, 1.54) is 6.08 Å². The van der Waals surface area contributed by atoms with Gasteiger partial charge in [0.15, 0.2) is 0 Å². The number of para-hydroxylation sites is 1. The topological polar surface area (TPSA) is 62.1 Å². The first-order valence-corrected chi connectivity index (χ1v) is 11.8. The Morgan fingerprint density at radius 1 is 1.00 bits per heavy atom. The van der Waals surface area contributed by atoms with Crippen LogP contribution in [0.2, 0.25) is 10.0 Å². The molecule has 0 saturated carbocycles. The van der Waals surface area contributed by atoms with Crippen LogP contribution in [0.5, 0.6) is 5.75 Å². The summed E-state index contributed by atoms with van der Waals surface area (Å²) in [7, 11) is 0. The first kappa shape index (κ1) is 23.8. The van der Waals surface area contributed by atoms with Crippen molar-refractivity contribution in [1.82, 2.24) is 0 Å². The predicted molar refractivity (Wildman–Crippen MR) is 141 cm³/mol. The highest BCUT2D eigenvalue weighted by molar-refractivity contribution is 9.10. The van der Waals surface area contributed by atoms with E-state index in [0.29, 0.717) is 17.9 Å². The molecule has 0 fully saturated rings. The molecule has 0 atom stereocenters. The Bertz CT molecular complexity index is 1440. The van der Waals surface area contributed by atoms with Crippen molar-refractivity contribution in [2.75, 3.05) is 5.32 Å². The van der Waals surface area contributed by atoms with Crippen molar-refractivity contribution < 1.29 is 9.53 Å². The van der Waals surface area contributed by atoms with Gasteiger partial charge in [0, 0.05) is 10.0 Å². The van der Waals surface area contributed by atoms with Gasteiger partial charge in [0.25, 0.3) is 5.91 Å². The molecular weight excluding hydrogens is 535 g/mol. The maximum atomic E-state index is 12.8. The second-order valence-electron chi connectivity index (χ2n) is 7.33. The van der Waals surface area contributed by atoms with E-state index in [4.69, 9.17) is 27.9 Å². The van der Waals surface area contributed by atoms with E-state index >= 15 is 0 Å². The lowest BCUT2D eigenvalue weighted by molar-refractivity contribution is -0.112. The molecule has 7 heteroatoms. The molecule has 0 bridgehead atoms. The maximum absolute atomic E-state index is 12.8. The highest BCUT2D eigenvalue weighted by Crippen LogP contribution is 2.31. The molecule has 4 aromatic carbocycles. The van der Waals surface area contributed by atoms with E-state index in [2.05, 4.69) is 33.4 Å². The molecule has 0 aliphatic carbocycles. The van der Waals surface area contributed by atoms with Crippen LogP contribution in [0.3, 0.4) is 0 Å². The van der Waals surface area contributed by atoms with Crippen LogP contribution < -0.4 is 10.1 Å². The first-order valence-electron chi connectivity index (χ1n) is 10.2. The quantitative estimate of drug-likeness (QED) is 0.195. The fourth-order valence-corrected chi connectivity index (χ4v) is 4.31. The third-order valence-corrected chi connectivity index (χ3v) is 6.22. The molecule has 0 aliphatic rings. The number of nitrogens with one attached hydrogen (secondary N) is 1. The van der Waals surface area contributed by atoms with E-state index in [9.17, 15) is 10.1 Å². The van der Waals surface area contributed by atoms with Gasteiger partial charge in [0.1, 0.15) is 24.0 Å². The summed E-state index contributed by atoms with van der Waals surface area (Å²) in [6, 6.07) is 26.4. The fourth-order valence-electron chi connectivity index (χ4n) is 3.44. The molecule has 0 saturated heterocycles. The molecule has 4 rings (SSSR count). The molecule has 1 N–H and O–H groups in total. The third-order valence-electron chi connectivity index (χ3n) is 5.10. The molecular formula is C27H17BrCl2N2O2. The Kier molecular flexibility index (Phi) is 7.54. The van der Waals surface area contributed by atoms with Crippen molar-refractivity contribution in [2.45, 2.75) is 6.61 Å². The van der Waals surface area contributed by atoms with Gasteiger partial charge in [-0.1, -0.05) is 87.7 Å². The Hall–Kier alpha value is -3.30. The van der Waals surface area contributed by atoms with E-state index in [-0.39, 0.29) is 21.3 Å². The summed E-state index contributed by atoms with van der Waals surface area (Å²) in [5.41, 5.74) is 1.73. The van der Waals surface area contributed by atoms with Crippen molar-refractivity contribution in [3.05, 3.63) is 110 Å². The fraction of sp³-hybridized carbons (Fsp3) is 0.0370. The number of carbonyl (C=O) groups is 1. The Morgan fingerprint density at radius 3 is 2.47 bits per heavy atom. The smallest absolute Gasteiger partial charge is 0.266 e. The minimum Gasteiger partial charge on any atom is -0.488 e. The number of hydrogen-bond acceptors (Lipinski definition) is 3. The third kappa shape index (κ3) is 5.43. The highest BCUT2D eigenvalue weighted by Gasteiger charge is 2.15. The van der Waals surface area contributed by atoms with Crippen molar-refractivity contribution in [1.29, 1.82) is 5.26 Å². The molecule has 0 heterocycles. The molecule has 4 nitrogen and oxygen atoms in total. The molecule has 34 heavy (non-hydrogen) atoms. The zero-order chi connectivity index (χ0) is 24.1. The Labute approximate surface area is 215 Å². The van der Waals surface area contributed by atoms with Gasteiger partial charge < -0.3 is 10.1 Å². The average Bonchev–Trinajstić information content (AvgIpc) is 2.84. The number of nitriles is 1. The molecule has 168 valence electrons. The van der Waals surface area contributed by atoms with Gasteiger partial charge in [-0.15, -0.1) is 0 Å². The van der Waals surface area contributed by atoms with E-state index in [0.717, 1.165) is 20.8 Å². The van der Waals surface area contributed by atoms with Crippen molar-refractivity contribution >= 4 is 67.6 Å². The van der Waals surface area contributed by atoms with E-state index in [1.807, 2.05) is 42.5 Å². The Balaban J connectivity index is 1.61. The van der Waals surface area contributed by atoms with Crippen LogP contribution in [0.15, 0.2) is 88.9 Å². The number of carbonyl (C=O) groups excluding carboxylic acids is 1. The van der Waals surface area contributed by atoms with Crippen LogP contribution in [-0.2, 0) is 11.4 Å². The minimum absolute atomic E-state index is 0.121. The van der Waals surface area contributed by atoms with Crippen LogP contribution in [-0.4, -0.2) is 5.91 Å². The van der Waals surface area contributed by atoms with Crippen LogP contribution in [0.4, 0.5) is 5.69 Å². The second kappa shape index (κ2) is 10.8. The Morgan fingerprint density at radius 2 is 1.71 bits per heavy atom. The molecule has 1 amide bonds. The largest absolute Gasteiger partial charge is 0.488 e. The minimum atomic E-state index is -0.627. The monoisotopic (exact) mass is 550 g/mol. The molecule has 0 radical (unpaired) electrons. The van der Waals surface area contributed by atoms with Gasteiger partial charge in [-0.2, -0.15) is 5.26 Å². The van der Waals surface area contributed by atoms with Crippen LogP contribution in [0, 0.1) is 11.3 Å². The summed E-state index contributed by atoms with van der Waals surface area (Å²) in [6.45, 7) is 0.327. The summed E-state index contributed by atoms with van der Waals surface area (Å²) < 4.78 is 6.90. The maximum Gasteiger partial charge on any atom is 0.266 e. The number of amides is 1. The van der Waals surface area contributed by atoms with E-state index in [1.54, 1.807) is 30.3 Å². The standard InChI is InChI=1S/C27H17BrCl2N2O2/c28-21-11-12-25(34-16-18-7-3-6-17-5-1-2-8-22(17)18)19(14-21)13-20(15-31)27(33)32-26-23(29)9-4-10-24(26)30/h1-14H,16H2,(H,32,33)/b20-13+. The summed E-state index contributed by atoms with van der Waals surface area (Å²) >= 11 is 15.7. The second-order valence-corrected chi connectivity index (χ2v) is 9.06. The normalized spacial score (nSPS) is 11.2. The van der Waals surface area contributed by atoms with Gasteiger partial charge in [-0.25, -0.2) is 0 Å². The molecule has 0 spiro atoms. The van der Waals surface area contributed by atoms with Crippen LogP contribution in [0.1, 0.15) is 11.1 Å². The van der Waals surface area contributed by atoms with E-state index < -0.39 is 5.91 Å². The number of halogens is 3. The number of benzene rings is 4. The molecule has 0 unspecified atom stereocenters. The average molecular weight is 552 g/mol. The van der Waals surface area contributed by atoms with Gasteiger partial charge in [-0.3, -0.25) is 4.79 Å². The number of nitrogens with zero attached hydrogens (tertiary/aromatic N) is 1. The number of ether oxygens (including phenoxy) is 1. The van der Waals surface area contributed by atoms with Crippen LogP contribution >= 0.6 is 39.1 Å². The van der Waals surface area contributed by atoms with Crippen molar-refractivity contribution in [3.63, 3.8) is 0 Å². The number of rotatable bonds is 6. The molecule has 0 aromatic heterocycles. The van der Waals surface area contributed by atoms with Gasteiger partial charge in [0.05, 0.1) is 15.7 Å². The number of hydrogen-bond donors (Lipinski definition) is 1. The lowest BCUT2D eigenvalue weighted by atomic mass is 10.1. The first-order chi connectivity index (χ1) is 16.5. The van der Waals surface area contributed by atoms with Gasteiger partial charge in [0.2, 0.25) is 0 Å². The van der Waals surface area contributed by atoms with Crippen LogP contribution in [0.25, 0.3) is 16.8 Å². The summed E-state index contributed by atoms with van der Waals surface area (Å²) in [6.07, 6.45) is 1.48. The molecule has 0 aliphatic heterocycles. The number of fused-ring (bicyclic) bond motifs is 1. The SMILES string of the molecule is N#C/C(=C\c1cc(Br)ccc1OCc1cccc2ccccc12)C(=O)Nc1c(Cl)cccc1Cl. The van der Waals surface area contributed by atoms with Crippen molar-refractivity contribution in [3.8, 4) is 11.8 Å². The van der Waals surface area contributed by atoms with Gasteiger partial charge >= 0.3 is 0 Å². The molecule has 4 aromatic rings. The van der Waals surface area contributed by atoms with Gasteiger partial charge in [-0.05, 0) is 52.7 Å². The number of anilines is 1. The zero-order valence-corrected chi connectivity index (χ0v) is 20.8. The summed E-state index contributed by atoms with van der Waals surface area (Å²) in [5.74, 6) is -0.0926. The lowest BCUT2D eigenvalue weighted by Gasteiger charge is -2.12. The zero-order valence-electron chi connectivity index (χ0n) is 17.7. The highest BCUT2D eigenvalue weighted by atomic mass is 79.9. The summed E-state index contributed by atoms with van der Waals surface area (Å²) in [4.78, 5) is 12.8. The van der Waals surface area contributed by atoms with Crippen molar-refractivity contribution in [2.24, 2.45) is 0 Å². The summed E-state index contributed by atoms with van der Waals surface area (Å²) in [5, 5.41) is 15.1.